The van der Waals surface area contributed by atoms with E-state index in [1.165, 1.54) is 18.2 Å². The molecule has 2 atom stereocenters. The molecule has 0 bridgehead atoms. The normalized spacial score (nSPS) is 14.9. The molecule has 2 aromatic carbocycles. The molecule has 28 heavy (non-hydrogen) atoms. The number of nitro benzene ring substituents is 1. The molecule has 0 aliphatic rings. The van der Waals surface area contributed by atoms with Crippen LogP contribution in [-0.4, -0.2) is 31.5 Å². The Morgan fingerprint density at radius 3 is 2.36 bits per heavy atom. The Bertz CT molecular complexity index is 1010. The van der Waals surface area contributed by atoms with Crippen molar-refractivity contribution in [2.24, 2.45) is 0 Å². The fourth-order valence-corrected chi connectivity index (χ4v) is 3.87. The van der Waals surface area contributed by atoms with E-state index >= 15 is 0 Å². The van der Waals surface area contributed by atoms with Crippen LogP contribution in [0.5, 0.6) is 5.75 Å². The van der Waals surface area contributed by atoms with Gasteiger partial charge in [0.05, 0.1) is 16.4 Å². The van der Waals surface area contributed by atoms with E-state index in [-0.39, 0.29) is 28.5 Å². The molecular formula is C17H20NO8PS. The quantitative estimate of drug-likeness (QED) is 0.291. The number of aryl methyl sites for hydroxylation is 1. The molecule has 0 saturated carbocycles. The van der Waals surface area contributed by atoms with Gasteiger partial charge < -0.3 is 9.42 Å². The third-order valence-corrected chi connectivity index (χ3v) is 5.62. The van der Waals surface area contributed by atoms with Crippen LogP contribution in [0.25, 0.3) is 0 Å². The van der Waals surface area contributed by atoms with Crippen molar-refractivity contribution in [2.45, 2.75) is 24.7 Å². The van der Waals surface area contributed by atoms with Crippen molar-refractivity contribution in [3.63, 3.8) is 0 Å². The summed E-state index contributed by atoms with van der Waals surface area (Å²) in [6.07, 6.45) is 0. The lowest BCUT2D eigenvalue weighted by Gasteiger charge is -2.18. The van der Waals surface area contributed by atoms with Crippen LogP contribution in [0.4, 0.5) is 5.69 Å². The van der Waals surface area contributed by atoms with Crippen LogP contribution in [-0.2, 0) is 18.9 Å². The number of non-ortho nitro benzene ring substituents is 1. The summed E-state index contributed by atoms with van der Waals surface area (Å²) < 4.78 is 46.3. The smallest absolute Gasteiger partial charge is 0.373 e. The molecule has 1 N–H and O–H groups in total. The number of nitro groups is 1. The first-order valence-corrected chi connectivity index (χ1v) is 11.6. The summed E-state index contributed by atoms with van der Waals surface area (Å²) in [6.45, 7) is 4.01. The highest BCUT2D eigenvalue weighted by Crippen LogP contribution is 2.42. The number of nitrogens with zero attached hydrogens (tertiary/aromatic N) is 1. The molecule has 0 saturated heterocycles. The standard InChI is InChI=1S/C17H20NO8PS/c1-12-4-7-15(8-5-12)28(23,24)25-11-13(2)16-10-14(18(19)20)6-9-17(16)26-27(3,21)22/h4-10,13H,11H2,1-3H3,(H,21,22). The largest absolute Gasteiger partial charge is 0.424 e. The molecule has 2 unspecified atom stereocenters. The van der Waals surface area contributed by atoms with Gasteiger partial charge >= 0.3 is 7.60 Å². The molecule has 0 radical (unpaired) electrons. The summed E-state index contributed by atoms with van der Waals surface area (Å²) in [5.74, 6) is -0.732. The first kappa shape index (κ1) is 22.0. The van der Waals surface area contributed by atoms with Gasteiger partial charge in [0.1, 0.15) is 5.75 Å². The minimum absolute atomic E-state index is 0.0192. The van der Waals surface area contributed by atoms with Crippen molar-refractivity contribution in [3.05, 3.63) is 63.7 Å². The number of hydrogen-bond donors (Lipinski definition) is 1. The second kappa shape index (κ2) is 8.40. The van der Waals surface area contributed by atoms with Crippen molar-refractivity contribution >= 4 is 23.4 Å². The monoisotopic (exact) mass is 429 g/mol. The minimum Gasteiger partial charge on any atom is -0.424 e. The van der Waals surface area contributed by atoms with E-state index in [1.807, 2.05) is 6.92 Å². The summed E-state index contributed by atoms with van der Waals surface area (Å²) in [5.41, 5.74) is 0.808. The van der Waals surface area contributed by atoms with Crippen LogP contribution in [0.1, 0.15) is 24.0 Å². The molecule has 0 fully saturated rings. The zero-order valence-corrected chi connectivity index (χ0v) is 17.1. The van der Waals surface area contributed by atoms with E-state index in [1.54, 1.807) is 19.1 Å². The molecule has 2 rings (SSSR count). The Morgan fingerprint density at radius 1 is 1.21 bits per heavy atom. The fourth-order valence-electron chi connectivity index (χ4n) is 2.35. The molecule has 0 amide bonds. The summed E-state index contributed by atoms with van der Waals surface area (Å²) in [6, 6.07) is 9.58. The van der Waals surface area contributed by atoms with E-state index in [4.69, 9.17) is 8.71 Å². The molecule has 152 valence electrons. The Balaban J connectivity index is 2.27. The van der Waals surface area contributed by atoms with Gasteiger partial charge in [0, 0.05) is 30.3 Å². The summed E-state index contributed by atoms with van der Waals surface area (Å²) in [4.78, 5) is 19.8. The number of rotatable bonds is 8. The van der Waals surface area contributed by atoms with Gasteiger partial charge in [-0.2, -0.15) is 8.42 Å². The molecule has 11 heteroatoms. The van der Waals surface area contributed by atoms with Gasteiger partial charge in [-0.05, 0) is 25.1 Å². The predicted octanol–water partition coefficient (Wildman–Crippen LogP) is 3.61. The summed E-state index contributed by atoms with van der Waals surface area (Å²) >= 11 is 0. The van der Waals surface area contributed by atoms with Crippen LogP contribution < -0.4 is 4.52 Å². The van der Waals surface area contributed by atoms with Gasteiger partial charge in [-0.1, -0.05) is 24.6 Å². The zero-order chi connectivity index (χ0) is 21.1. The van der Waals surface area contributed by atoms with Crippen molar-refractivity contribution < 1.29 is 31.5 Å². The topological polar surface area (TPSA) is 133 Å². The van der Waals surface area contributed by atoms with Crippen LogP contribution >= 0.6 is 7.60 Å². The Labute approximate surface area is 162 Å². The molecule has 0 heterocycles. The molecule has 9 nitrogen and oxygen atoms in total. The summed E-state index contributed by atoms with van der Waals surface area (Å²) in [5, 5.41) is 11.0. The Hall–Kier alpha value is -2.26. The van der Waals surface area contributed by atoms with Crippen molar-refractivity contribution in [3.8, 4) is 5.75 Å². The third-order valence-electron chi connectivity index (χ3n) is 3.79. The van der Waals surface area contributed by atoms with Crippen LogP contribution in [0.3, 0.4) is 0 Å². The lowest BCUT2D eigenvalue weighted by Crippen LogP contribution is -2.13. The Kier molecular flexibility index (Phi) is 6.61. The van der Waals surface area contributed by atoms with Crippen LogP contribution in [0.2, 0.25) is 0 Å². The third kappa shape index (κ3) is 5.87. The van der Waals surface area contributed by atoms with Gasteiger partial charge in [0.15, 0.2) is 0 Å². The van der Waals surface area contributed by atoms with E-state index in [9.17, 15) is 28.0 Å². The highest BCUT2D eigenvalue weighted by Gasteiger charge is 2.24. The highest BCUT2D eigenvalue weighted by molar-refractivity contribution is 7.86. The lowest BCUT2D eigenvalue weighted by molar-refractivity contribution is -0.384. The average molecular weight is 429 g/mol. The van der Waals surface area contributed by atoms with E-state index in [0.717, 1.165) is 24.4 Å². The second-order valence-electron chi connectivity index (χ2n) is 6.33. The van der Waals surface area contributed by atoms with E-state index in [0.29, 0.717) is 0 Å². The zero-order valence-electron chi connectivity index (χ0n) is 15.4. The second-order valence-corrected chi connectivity index (χ2v) is 9.73. The van der Waals surface area contributed by atoms with Gasteiger partial charge in [-0.25, -0.2) is 4.57 Å². The van der Waals surface area contributed by atoms with E-state index in [2.05, 4.69) is 0 Å². The SMILES string of the molecule is Cc1ccc(S(=O)(=O)OCC(C)c2cc([N+](=O)[O-])ccc2OP(C)(=O)O)cc1. The lowest BCUT2D eigenvalue weighted by atomic mass is 10.0. The molecule has 2 aromatic rings. The molecule has 0 aliphatic carbocycles. The van der Waals surface area contributed by atoms with Crippen LogP contribution in [0.15, 0.2) is 47.4 Å². The fraction of sp³-hybridized carbons (Fsp3) is 0.294. The maximum absolute atomic E-state index is 12.3. The molecule has 0 aliphatic heterocycles. The van der Waals surface area contributed by atoms with Crippen LogP contribution in [0, 0.1) is 17.0 Å². The van der Waals surface area contributed by atoms with Crippen molar-refractivity contribution in [2.75, 3.05) is 13.3 Å². The molecule has 0 aromatic heterocycles. The minimum atomic E-state index is -4.03. The van der Waals surface area contributed by atoms with Gasteiger partial charge in [0.25, 0.3) is 15.8 Å². The molecular weight excluding hydrogens is 409 g/mol. The average Bonchev–Trinajstić information content (AvgIpc) is 2.59. The molecule has 0 spiro atoms. The summed E-state index contributed by atoms with van der Waals surface area (Å²) in [7, 11) is -7.96. The number of hydrogen-bond acceptors (Lipinski definition) is 7. The first-order valence-electron chi connectivity index (χ1n) is 8.13. The number of benzene rings is 2. The predicted molar refractivity (Wildman–Crippen MR) is 102 cm³/mol. The van der Waals surface area contributed by atoms with Crippen molar-refractivity contribution in [1.29, 1.82) is 0 Å². The highest BCUT2D eigenvalue weighted by atomic mass is 32.2. The first-order chi connectivity index (χ1) is 12.9. The van der Waals surface area contributed by atoms with Crippen molar-refractivity contribution in [1.82, 2.24) is 0 Å². The Morgan fingerprint density at radius 2 is 1.82 bits per heavy atom. The van der Waals surface area contributed by atoms with Gasteiger partial charge in [-0.15, -0.1) is 0 Å². The van der Waals surface area contributed by atoms with E-state index < -0.39 is 28.6 Å². The maximum Gasteiger partial charge on any atom is 0.373 e. The maximum atomic E-state index is 12.3. The van der Waals surface area contributed by atoms with Gasteiger partial charge in [-0.3, -0.25) is 14.3 Å². The van der Waals surface area contributed by atoms with Gasteiger partial charge in [0.2, 0.25) is 0 Å².